The van der Waals surface area contributed by atoms with Crippen LogP contribution in [0.4, 0.5) is 5.95 Å². The van der Waals surface area contributed by atoms with Crippen molar-refractivity contribution in [3.8, 4) is 17.2 Å². The van der Waals surface area contributed by atoms with Gasteiger partial charge in [0.1, 0.15) is 47.3 Å². The van der Waals surface area contributed by atoms with E-state index in [-0.39, 0.29) is 23.9 Å². The van der Waals surface area contributed by atoms with Crippen LogP contribution in [0.5, 0.6) is 17.2 Å². The van der Waals surface area contributed by atoms with Crippen LogP contribution in [0.1, 0.15) is 110 Å². The Morgan fingerprint density at radius 2 is 1.73 bits per heavy atom. The second-order valence-corrected chi connectivity index (χ2v) is 20.9. The molecule has 0 amide bonds. The number of anilines is 1. The number of aromatic nitrogens is 2. The van der Waals surface area contributed by atoms with Gasteiger partial charge in [-0.3, -0.25) is 4.79 Å². The van der Waals surface area contributed by atoms with E-state index < -0.39 is 89.6 Å². The molecule has 4 bridgehead atoms. The van der Waals surface area contributed by atoms with Crippen LogP contribution in [0, 0.1) is 17.8 Å². The summed E-state index contributed by atoms with van der Waals surface area (Å²) in [6, 6.07) is 6.68. The largest absolute Gasteiger partial charge is 0.482 e. The molecule has 5 N–H and O–H groups in total. The Bertz CT molecular complexity index is 2670. The van der Waals surface area contributed by atoms with Gasteiger partial charge < -0.3 is 58.7 Å². The van der Waals surface area contributed by atoms with Crippen LogP contribution >= 0.6 is 0 Å². The minimum atomic E-state index is -1.73. The molecule has 6 heterocycles. The predicted octanol–water partition coefficient (Wildman–Crippen LogP) is 6.37. The Balaban J connectivity index is 1.28. The zero-order valence-corrected chi connectivity index (χ0v) is 39.7. The topological polar surface area (TPSA) is 200 Å². The second-order valence-electron chi connectivity index (χ2n) is 20.9. The number of methoxy groups -OCH3 is 1. The molecular formula is C52H63N3O12. The summed E-state index contributed by atoms with van der Waals surface area (Å²) in [6.07, 6.45) is 4.39. The smallest absolute Gasteiger partial charge is 0.333 e. The van der Waals surface area contributed by atoms with Gasteiger partial charge in [0, 0.05) is 35.3 Å². The van der Waals surface area contributed by atoms with E-state index in [9.17, 15) is 25.2 Å². The van der Waals surface area contributed by atoms with Gasteiger partial charge in [0.2, 0.25) is 12.2 Å². The minimum Gasteiger partial charge on any atom is -0.482 e. The molecule has 5 fully saturated rings. The van der Waals surface area contributed by atoms with Crippen molar-refractivity contribution >= 4 is 34.8 Å². The molecule has 3 aromatic rings. The molecule has 0 radical (unpaired) electrons. The highest BCUT2D eigenvalue weighted by molar-refractivity contribution is 5.97. The number of esters is 1. The van der Waals surface area contributed by atoms with E-state index in [2.05, 4.69) is 35.9 Å². The predicted molar refractivity (Wildman–Crippen MR) is 248 cm³/mol. The first-order valence-electron chi connectivity index (χ1n) is 23.6. The van der Waals surface area contributed by atoms with E-state index in [1.54, 1.807) is 13.0 Å². The molecular weight excluding hydrogens is 859 g/mol. The number of carbonyl (C=O) groups excluding carboxylic acids is 2. The quantitative estimate of drug-likeness (QED) is 0.0808. The number of fused-ring (bicyclic) bond motifs is 6. The lowest BCUT2D eigenvalue weighted by Gasteiger charge is -2.67. The van der Waals surface area contributed by atoms with Gasteiger partial charge in [0.25, 0.3) is 0 Å². The number of rotatable bonds is 11. The standard InChI is InChI=1S/C52H63N3O12/c1-25(2)13-12-20-50(8)21-19-29-42(65-50)28(17-16-26(3)4)44-35(43(29)64-47-41(59)40(58)39(57)33(24-56)63-47)37-36-38(55-32-15-11-10-14-31(32)53-48(55)54-37)30-23-34-49(6,7)67-51(45(30)60,52(34,36)66-44)22-18-27(5)46(61)62-9/h10-11,13-16,18-19,21,30,33-34,36-41,47,56-59H,12,17,20,22-24H2,1-9H3,(H,53,54)/b27-18-/t30?,33-,34?,36?,37?,38?,39-,40+,41-,47+,50?,51?,52?/m0/s1. The first-order chi connectivity index (χ1) is 31.8. The van der Waals surface area contributed by atoms with E-state index in [0.29, 0.717) is 59.0 Å². The Hall–Kier alpha value is -5.03. The van der Waals surface area contributed by atoms with Crippen molar-refractivity contribution in [2.75, 3.05) is 19.0 Å². The van der Waals surface area contributed by atoms with Crippen LogP contribution in [0.25, 0.3) is 17.1 Å². The van der Waals surface area contributed by atoms with Crippen LogP contribution in [-0.4, -0.2) is 109 Å². The summed E-state index contributed by atoms with van der Waals surface area (Å²) in [6.45, 7) is 15.3. The van der Waals surface area contributed by atoms with E-state index in [1.165, 1.54) is 12.7 Å². The lowest BCUT2D eigenvalue weighted by Crippen LogP contribution is -2.79. The summed E-state index contributed by atoms with van der Waals surface area (Å²) in [5.74, 6) is -0.359. The minimum absolute atomic E-state index is 0.0378. The molecule has 1 aromatic heterocycles. The number of carbonyl (C=O) groups is 2. The van der Waals surface area contributed by atoms with E-state index in [0.717, 1.165) is 23.0 Å². The monoisotopic (exact) mass is 921 g/mol. The number of nitrogens with zero attached hydrogens (tertiary/aromatic N) is 2. The van der Waals surface area contributed by atoms with Crippen molar-refractivity contribution in [3.63, 3.8) is 0 Å². The van der Waals surface area contributed by atoms with Crippen LogP contribution in [-0.2, 0) is 30.2 Å². The van der Waals surface area contributed by atoms with Gasteiger partial charge in [0.15, 0.2) is 17.0 Å². The zero-order chi connectivity index (χ0) is 47.7. The molecule has 5 aliphatic heterocycles. The Morgan fingerprint density at radius 3 is 2.45 bits per heavy atom. The number of benzene rings is 2. The molecule has 13 atom stereocenters. The Kier molecular flexibility index (Phi) is 10.9. The third kappa shape index (κ3) is 6.62. The zero-order valence-electron chi connectivity index (χ0n) is 39.7. The third-order valence-electron chi connectivity index (χ3n) is 15.7. The highest BCUT2D eigenvalue weighted by atomic mass is 16.7. The summed E-state index contributed by atoms with van der Waals surface area (Å²) in [5, 5.41) is 47.7. The molecule has 15 nitrogen and oxygen atoms in total. The van der Waals surface area contributed by atoms with E-state index in [4.69, 9.17) is 33.4 Å². The highest BCUT2D eigenvalue weighted by Gasteiger charge is 2.86. The number of allylic oxidation sites excluding steroid dienone is 4. The maximum atomic E-state index is 15.9. The molecule has 2 saturated heterocycles. The van der Waals surface area contributed by atoms with Gasteiger partial charge in [-0.2, -0.15) is 0 Å². The lowest BCUT2D eigenvalue weighted by atomic mass is 9.44. The van der Waals surface area contributed by atoms with Crippen LogP contribution in [0.2, 0.25) is 0 Å². The molecule has 3 aliphatic carbocycles. The number of Topliss-reactive ketones (excluding diaryl/α,β-unsaturated/α-hetero) is 1. The Labute approximate surface area is 390 Å². The van der Waals surface area contributed by atoms with Crippen LogP contribution in [0.15, 0.2) is 65.3 Å². The number of nitrogens with one attached hydrogen (secondary N) is 1. The number of hydrogen-bond acceptors (Lipinski definition) is 14. The van der Waals surface area contributed by atoms with Crippen molar-refractivity contribution in [2.24, 2.45) is 17.8 Å². The fourth-order valence-corrected chi connectivity index (χ4v) is 12.7. The maximum Gasteiger partial charge on any atom is 0.333 e. The maximum absolute atomic E-state index is 15.9. The highest BCUT2D eigenvalue weighted by Crippen LogP contribution is 2.76. The fraction of sp³-hybridized carbons (Fsp3) is 0.558. The summed E-state index contributed by atoms with van der Waals surface area (Å²) in [7, 11) is 1.33. The molecule has 11 rings (SSSR count). The summed E-state index contributed by atoms with van der Waals surface area (Å²) < 4.78 is 42.8. The second kappa shape index (κ2) is 16.0. The average molecular weight is 922 g/mol. The molecule has 8 aliphatic rings. The summed E-state index contributed by atoms with van der Waals surface area (Å²) >= 11 is 0. The third-order valence-corrected chi connectivity index (χ3v) is 15.7. The van der Waals surface area contributed by atoms with Crippen molar-refractivity contribution in [2.45, 2.75) is 153 Å². The fourth-order valence-electron chi connectivity index (χ4n) is 12.7. The molecule has 8 unspecified atom stereocenters. The molecule has 358 valence electrons. The van der Waals surface area contributed by atoms with Crippen molar-refractivity contribution in [1.82, 2.24) is 9.55 Å². The number of aliphatic hydroxyl groups excluding tert-OH is 4. The van der Waals surface area contributed by atoms with Gasteiger partial charge in [-0.05, 0) is 105 Å². The number of para-hydroxylation sites is 2. The van der Waals surface area contributed by atoms with Crippen LogP contribution < -0.4 is 19.5 Å². The summed E-state index contributed by atoms with van der Waals surface area (Å²) in [4.78, 5) is 34.0. The number of hydrogen-bond donors (Lipinski definition) is 5. The first kappa shape index (κ1) is 45.7. The molecule has 3 saturated carbocycles. The lowest BCUT2D eigenvalue weighted by molar-refractivity contribution is -0.278. The summed E-state index contributed by atoms with van der Waals surface area (Å²) in [5.41, 5.74) is 1.40. The van der Waals surface area contributed by atoms with Crippen LogP contribution in [0.3, 0.4) is 0 Å². The SMILES string of the molecule is COC(=O)/C(C)=C\CC12OC(C)(C)C3CC(C1=O)C1C4C(Nc5nc6ccccc6n51)c1c(O[C@H]5O[C@@H](CO)[C@H](O)[C@@H](O)[C@@H]5O)c5c(c(CC=C(C)C)c1OC432)OC(C)(CCC=C(C)C)C=C5. The average Bonchev–Trinajstić information content (AvgIpc) is 3.73. The van der Waals surface area contributed by atoms with Crippen molar-refractivity contribution in [3.05, 3.63) is 82.0 Å². The van der Waals surface area contributed by atoms with Gasteiger partial charge in [-0.15, -0.1) is 0 Å². The molecule has 1 spiro atoms. The van der Waals surface area contributed by atoms with E-state index in [1.807, 2.05) is 71.0 Å². The molecule has 67 heavy (non-hydrogen) atoms. The number of imidazole rings is 1. The molecule has 2 aromatic carbocycles. The van der Waals surface area contributed by atoms with Gasteiger partial charge in [-0.1, -0.05) is 41.5 Å². The first-order valence-corrected chi connectivity index (χ1v) is 23.6. The number of ether oxygens (including phenoxy) is 6. The molecule has 15 heteroatoms. The number of aliphatic hydroxyl groups is 4. The normalized spacial score (nSPS) is 35.8. The van der Waals surface area contributed by atoms with Gasteiger partial charge >= 0.3 is 5.97 Å². The van der Waals surface area contributed by atoms with Crippen molar-refractivity contribution < 1.29 is 58.4 Å². The van der Waals surface area contributed by atoms with Crippen molar-refractivity contribution in [1.29, 1.82) is 0 Å². The van der Waals surface area contributed by atoms with Gasteiger partial charge in [-0.25, -0.2) is 9.78 Å². The van der Waals surface area contributed by atoms with Gasteiger partial charge in [0.05, 0.1) is 53.6 Å². The van der Waals surface area contributed by atoms with E-state index >= 15 is 4.79 Å². The number of ketones is 1. The Morgan fingerprint density at radius 1 is 0.985 bits per heavy atom.